The fourth-order valence-electron chi connectivity index (χ4n) is 2.44. The average Bonchev–Trinajstić information content (AvgIpc) is 2.40. The summed E-state index contributed by atoms with van der Waals surface area (Å²) in [5.74, 6) is 0.504. The minimum atomic E-state index is 0.200. The summed E-state index contributed by atoms with van der Waals surface area (Å²) in [6.07, 6.45) is 1.93. The van der Waals surface area contributed by atoms with E-state index in [4.69, 9.17) is 5.73 Å². The number of piperidine rings is 1. The normalized spacial score (nSPS) is 18.2. The van der Waals surface area contributed by atoms with Crippen molar-refractivity contribution < 1.29 is 4.79 Å². The number of hydrogen-bond acceptors (Lipinski definition) is 3. The van der Waals surface area contributed by atoms with Gasteiger partial charge in [0.15, 0.2) is 5.78 Å². The van der Waals surface area contributed by atoms with Gasteiger partial charge in [0.2, 0.25) is 0 Å². The highest BCUT2D eigenvalue weighted by Crippen LogP contribution is 2.21. The molecule has 1 aromatic carbocycles. The van der Waals surface area contributed by atoms with Crippen molar-refractivity contribution in [3.8, 4) is 0 Å². The van der Waals surface area contributed by atoms with Gasteiger partial charge in [0.25, 0.3) is 0 Å². The molecular weight excluding hydrogens is 212 g/mol. The second-order valence-corrected chi connectivity index (χ2v) is 4.63. The quantitative estimate of drug-likeness (QED) is 0.801. The van der Waals surface area contributed by atoms with E-state index in [0.717, 1.165) is 38.0 Å². The molecule has 92 valence electrons. The first-order chi connectivity index (χ1) is 8.31. The second-order valence-electron chi connectivity index (χ2n) is 4.63. The zero-order valence-corrected chi connectivity index (χ0v) is 10.1. The summed E-state index contributed by atoms with van der Waals surface area (Å²) < 4.78 is 0. The largest absolute Gasteiger partial charge is 0.329 e. The molecule has 1 aliphatic rings. The maximum Gasteiger partial charge on any atom is 0.166 e. The van der Waals surface area contributed by atoms with Gasteiger partial charge in [-0.25, -0.2) is 0 Å². The molecular formula is C14H20N2O. The second kappa shape index (κ2) is 5.94. The van der Waals surface area contributed by atoms with E-state index >= 15 is 0 Å². The number of Topliss-reactive ketones (excluding diaryl/α,β-unsaturated/α-hetero) is 1. The molecule has 0 amide bonds. The van der Waals surface area contributed by atoms with Crippen LogP contribution in [0.15, 0.2) is 30.3 Å². The monoisotopic (exact) mass is 232 g/mol. The zero-order valence-electron chi connectivity index (χ0n) is 10.1. The van der Waals surface area contributed by atoms with Gasteiger partial charge in [-0.15, -0.1) is 0 Å². The Kier molecular flexibility index (Phi) is 4.29. The first kappa shape index (κ1) is 12.3. The van der Waals surface area contributed by atoms with E-state index in [1.165, 1.54) is 0 Å². The number of benzene rings is 1. The van der Waals surface area contributed by atoms with Crippen molar-refractivity contribution in [2.24, 2.45) is 11.7 Å². The van der Waals surface area contributed by atoms with Crippen LogP contribution in [0.5, 0.6) is 0 Å². The first-order valence-corrected chi connectivity index (χ1v) is 6.33. The van der Waals surface area contributed by atoms with Gasteiger partial charge in [-0.2, -0.15) is 0 Å². The molecule has 1 aromatic rings. The summed E-state index contributed by atoms with van der Waals surface area (Å²) in [6.45, 7) is 3.66. The summed E-state index contributed by atoms with van der Waals surface area (Å²) >= 11 is 0. The minimum Gasteiger partial charge on any atom is -0.329 e. The number of carbonyl (C=O) groups is 1. The molecule has 0 atom stereocenters. The number of carbonyl (C=O) groups excluding carboxylic acids is 1. The van der Waals surface area contributed by atoms with Crippen LogP contribution >= 0.6 is 0 Å². The van der Waals surface area contributed by atoms with Gasteiger partial charge in [0.05, 0.1) is 0 Å². The Hall–Kier alpha value is -1.19. The number of nitrogens with zero attached hydrogens (tertiary/aromatic N) is 1. The van der Waals surface area contributed by atoms with E-state index < -0.39 is 0 Å². The Morgan fingerprint density at radius 3 is 2.47 bits per heavy atom. The molecule has 0 radical (unpaired) electrons. The van der Waals surface area contributed by atoms with E-state index in [9.17, 15) is 4.79 Å². The lowest BCUT2D eigenvalue weighted by molar-refractivity contribution is 0.0842. The van der Waals surface area contributed by atoms with Crippen molar-refractivity contribution >= 4 is 5.78 Å². The molecule has 0 unspecified atom stereocenters. The molecule has 1 heterocycles. The highest BCUT2D eigenvalue weighted by atomic mass is 16.1. The predicted molar refractivity (Wildman–Crippen MR) is 69.0 cm³/mol. The smallest absolute Gasteiger partial charge is 0.166 e. The molecule has 17 heavy (non-hydrogen) atoms. The van der Waals surface area contributed by atoms with Crippen molar-refractivity contribution in [1.29, 1.82) is 0 Å². The summed E-state index contributed by atoms with van der Waals surface area (Å²) in [5.41, 5.74) is 6.39. The predicted octanol–water partition coefficient (Wildman–Crippen LogP) is 1.54. The standard InChI is InChI=1S/C14H20N2O/c15-8-11-16-9-6-13(7-10-16)14(17)12-4-2-1-3-5-12/h1-5,13H,6-11,15H2. The summed E-state index contributed by atoms with van der Waals surface area (Å²) in [7, 11) is 0. The molecule has 3 heteroatoms. The van der Waals surface area contributed by atoms with Gasteiger partial charge in [0, 0.05) is 24.6 Å². The molecule has 2 N–H and O–H groups in total. The fraction of sp³-hybridized carbons (Fsp3) is 0.500. The molecule has 1 aliphatic heterocycles. The summed E-state index contributed by atoms with van der Waals surface area (Å²) in [4.78, 5) is 14.6. The number of likely N-dealkylation sites (tertiary alicyclic amines) is 1. The molecule has 0 spiro atoms. The number of rotatable bonds is 4. The zero-order chi connectivity index (χ0) is 12.1. The van der Waals surface area contributed by atoms with Crippen LogP contribution in [-0.4, -0.2) is 36.9 Å². The lowest BCUT2D eigenvalue weighted by Crippen LogP contribution is -2.39. The molecule has 0 aromatic heterocycles. The van der Waals surface area contributed by atoms with Gasteiger partial charge in [0.1, 0.15) is 0 Å². The molecule has 0 saturated carbocycles. The van der Waals surface area contributed by atoms with Gasteiger partial charge in [-0.05, 0) is 25.9 Å². The third kappa shape index (κ3) is 3.14. The SMILES string of the molecule is NCCN1CCC(C(=O)c2ccccc2)CC1. The van der Waals surface area contributed by atoms with Crippen LogP contribution in [-0.2, 0) is 0 Å². The van der Waals surface area contributed by atoms with Crippen molar-refractivity contribution in [3.05, 3.63) is 35.9 Å². The third-order valence-corrected chi connectivity index (χ3v) is 3.46. The van der Waals surface area contributed by atoms with Crippen LogP contribution in [0.1, 0.15) is 23.2 Å². The molecule has 0 aliphatic carbocycles. The fourth-order valence-corrected chi connectivity index (χ4v) is 2.44. The van der Waals surface area contributed by atoms with Crippen LogP contribution in [0.2, 0.25) is 0 Å². The summed E-state index contributed by atoms with van der Waals surface area (Å²) in [5, 5.41) is 0. The molecule has 3 nitrogen and oxygen atoms in total. The molecule has 1 saturated heterocycles. The topological polar surface area (TPSA) is 46.3 Å². The number of ketones is 1. The lowest BCUT2D eigenvalue weighted by atomic mass is 9.89. The number of hydrogen-bond donors (Lipinski definition) is 1. The van der Waals surface area contributed by atoms with E-state index in [-0.39, 0.29) is 5.92 Å². The van der Waals surface area contributed by atoms with Gasteiger partial charge in [-0.3, -0.25) is 4.79 Å². The Balaban J connectivity index is 1.91. The maximum absolute atomic E-state index is 12.2. The van der Waals surface area contributed by atoms with Crippen molar-refractivity contribution in [2.45, 2.75) is 12.8 Å². The van der Waals surface area contributed by atoms with E-state index in [0.29, 0.717) is 12.3 Å². The van der Waals surface area contributed by atoms with E-state index in [2.05, 4.69) is 4.90 Å². The lowest BCUT2D eigenvalue weighted by Gasteiger charge is -2.30. The highest BCUT2D eigenvalue weighted by molar-refractivity contribution is 5.97. The van der Waals surface area contributed by atoms with Crippen LogP contribution in [0.4, 0.5) is 0 Å². The Morgan fingerprint density at radius 2 is 1.88 bits per heavy atom. The Morgan fingerprint density at radius 1 is 1.24 bits per heavy atom. The third-order valence-electron chi connectivity index (χ3n) is 3.46. The van der Waals surface area contributed by atoms with Gasteiger partial charge < -0.3 is 10.6 Å². The molecule has 0 bridgehead atoms. The summed E-state index contributed by atoms with van der Waals surface area (Å²) in [6, 6.07) is 9.62. The van der Waals surface area contributed by atoms with Crippen molar-refractivity contribution in [3.63, 3.8) is 0 Å². The minimum absolute atomic E-state index is 0.200. The first-order valence-electron chi connectivity index (χ1n) is 6.33. The Labute approximate surface area is 103 Å². The van der Waals surface area contributed by atoms with Crippen molar-refractivity contribution in [2.75, 3.05) is 26.2 Å². The van der Waals surface area contributed by atoms with Crippen molar-refractivity contribution in [1.82, 2.24) is 4.90 Å². The Bertz CT molecular complexity index is 356. The maximum atomic E-state index is 12.2. The average molecular weight is 232 g/mol. The van der Waals surface area contributed by atoms with Crippen LogP contribution in [0.25, 0.3) is 0 Å². The highest BCUT2D eigenvalue weighted by Gasteiger charge is 2.25. The van der Waals surface area contributed by atoms with E-state index in [1.54, 1.807) is 0 Å². The van der Waals surface area contributed by atoms with Crippen LogP contribution < -0.4 is 5.73 Å². The molecule has 1 fully saturated rings. The van der Waals surface area contributed by atoms with E-state index in [1.807, 2.05) is 30.3 Å². The molecule has 2 rings (SSSR count). The van der Waals surface area contributed by atoms with Crippen LogP contribution in [0.3, 0.4) is 0 Å². The number of nitrogens with two attached hydrogens (primary N) is 1. The van der Waals surface area contributed by atoms with Gasteiger partial charge >= 0.3 is 0 Å². The van der Waals surface area contributed by atoms with Crippen LogP contribution in [0, 0.1) is 5.92 Å². The van der Waals surface area contributed by atoms with Gasteiger partial charge in [-0.1, -0.05) is 30.3 Å².